The second kappa shape index (κ2) is 25.0. The van der Waals surface area contributed by atoms with Crippen LogP contribution in [0.3, 0.4) is 0 Å². The lowest BCUT2D eigenvalue weighted by atomic mass is 10.0. The Labute approximate surface area is 303 Å². The third kappa shape index (κ3) is 17.2. The summed E-state index contributed by atoms with van der Waals surface area (Å²) < 4.78 is 0. The molecule has 0 aliphatic rings. The van der Waals surface area contributed by atoms with Gasteiger partial charge in [-0.1, -0.05) is 12.1 Å². The highest BCUT2D eigenvalue weighted by Crippen LogP contribution is 2.12. The molecule has 1 aromatic rings. The molecule has 0 spiro atoms. The maximum absolute atomic E-state index is 13.5. The highest BCUT2D eigenvalue weighted by atomic mass is 32.1. The van der Waals surface area contributed by atoms with Crippen molar-refractivity contribution in [1.29, 1.82) is 0 Å². The monoisotopic (exact) mass is 740 g/mol. The average molecular weight is 741 g/mol. The highest BCUT2D eigenvalue weighted by Gasteiger charge is 2.32. The summed E-state index contributed by atoms with van der Waals surface area (Å²) >= 11 is 4.20. The van der Waals surface area contributed by atoms with Crippen LogP contribution in [-0.2, 0) is 35.2 Å². The Hall–Kier alpha value is -4.01. The molecule has 288 valence electrons. The number of carbonyl (C=O) groups excluding carboxylic acids is 5. The molecule has 5 amide bonds. The van der Waals surface area contributed by atoms with Gasteiger partial charge in [0, 0.05) is 12.2 Å². The van der Waals surface area contributed by atoms with Crippen molar-refractivity contribution in [3.8, 4) is 5.75 Å². The number of aliphatic carboxylic acids is 1. The number of aromatic hydroxyl groups is 1. The smallest absolute Gasteiger partial charge is 0.326 e. The SMILES string of the molecule is NCCCC[C@H](NC(=O)[C@H](CCN)NC(=O)[C@H](CS)NC(=O)[C@H](CCCCN)NC(=O)[C@@H](N)CCN)C(=O)N[C@@H](Cc1ccc(O)cc1)C(=O)O. The molecule has 0 aliphatic carbocycles. The number of phenolic OH excluding ortho intramolecular Hbond substituents is 1. The summed E-state index contributed by atoms with van der Waals surface area (Å²) in [6, 6.07) is -1.16. The van der Waals surface area contributed by atoms with Crippen LogP contribution < -0.4 is 55.3 Å². The van der Waals surface area contributed by atoms with E-state index in [1.54, 1.807) is 0 Å². The molecule has 0 unspecified atom stereocenters. The standard InChI is InChI=1S/C32H56N10O8S/c33-13-3-1-5-22(38-27(44)21(37)11-15-35)29(46)42-26(18-51)31(48)40-24(12-16-36)30(47)39-23(6-2-4-14-34)28(45)41-25(32(49)50)17-19-7-9-20(43)10-8-19/h7-10,21-26,43,51H,1-6,11-18,33-37H2,(H,38,44)(H,39,47)(H,40,48)(H,41,45)(H,42,46)(H,49,50)/t21-,22-,23-,24-,25-,26-/m0/s1. The molecule has 0 saturated heterocycles. The third-order valence-corrected chi connectivity index (χ3v) is 8.23. The lowest BCUT2D eigenvalue weighted by Gasteiger charge is -2.26. The van der Waals surface area contributed by atoms with Crippen LogP contribution in [0.4, 0.5) is 0 Å². The number of benzene rings is 1. The Balaban J connectivity index is 3.08. The zero-order chi connectivity index (χ0) is 38.3. The molecule has 18 nitrogen and oxygen atoms in total. The van der Waals surface area contributed by atoms with Crippen molar-refractivity contribution >= 4 is 48.1 Å². The first-order valence-corrected chi connectivity index (χ1v) is 17.6. The van der Waals surface area contributed by atoms with E-state index in [4.69, 9.17) is 28.7 Å². The van der Waals surface area contributed by atoms with Crippen LogP contribution in [0.1, 0.15) is 56.9 Å². The Morgan fingerprint density at radius 3 is 1.41 bits per heavy atom. The van der Waals surface area contributed by atoms with Gasteiger partial charge in [-0.2, -0.15) is 12.6 Å². The maximum atomic E-state index is 13.5. The highest BCUT2D eigenvalue weighted by molar-refractivity contribution is 7.80. The molecular formula is C32H56N10O8S. The molecule has 1 rings (SSSR count). The van der Waals surface area contributed by atoms with Crippen molar-refractivity contribution in [3.63, 3.8) is 0 Å². The summed E-state index contributed by atoms with van der Waals surface area (Å²) in [6.45, 7) is 0.825. The Morgan fingerprint density at radius 1 is 0.569 bits per heavy atom. The number of carboxylic acid groups (broad SMARTS) is 1. The number of phenols is 1. The number of carbonyl (C=O) groups is 6. The fourth-order valence-corrected chi connectivity index (χ4v) is 5.16. The second-order valence-electron chi connectivity index (χ2n) is 12.0. The molecule has 19 heteroatoms. The van der Waals surface area contributed by atoms with E-state index in [0.29, 0.717) is 44.3 Å². The van der Waals surface area contributed by atoms with E-state index in [1.807, 2.05) is 0 Å². The maximum Gasteiger partial charge on any atom is 0.326 e. The average Bonchev–Trinajstić information content (AvgIpc) is 3.09. The van der Waals surface area contributed by atoms with Crippen LogP contribution in [0.25, 0.3) is 0 Å². The number of thiol groups is 1. The molecule has 0 bridgehead atoms. The minimum absolute atomic E-state index is 0.00481. The fourth-order valence-electron chi connectivity index (χ4n) is 4.90. The predicted octanol–water partition coefficient (Wildman–Crippen LogP) is -3.34. The first-order valence-electron chi connectivity index (χ1n) is 17.0. The van der Waals surface area contributed by atoms with Crippen LogP contribution in [0.5, 0.6) is 5.75 Å². The first-order chi connectivity index (χ1) is 24.3. The molecule has 1 aromatic carbocycles. The number of hydrogen-bond donors (Lipinski definition) is 13. The lowest BCUT2D eigenvalue weighted by Crippen LogP contribution is -2.60. The van der Waals surface area contributed by atoms with E-state index < -0.39 is 71.8 Å². The van der Waals surface area contributed by atoms with Crippen molar-refractivity contribution in [2.75, 3.05) is 31.9 Å². The molecule has 0 heterocycles. The van der Waals surface area contributed by atoms with Gasteiger partial charge in [0.05, 0.1) is 6.04 Å². The minimum atomic E-state index is -1.35. The van der Waals surface area contributed by atoms with Gasteiger partial charge in [-0.3, -0.25) is 24.0 Å². The largest absolute Gasteiger partial charge is 0.508 e. The van der Waals surface area contributed by atoms with Crippen LogP contribution in [0, 0.1) is 0 Å². The van der Waals surface area contributed by atoms with Crippen LogP contribution in [0.2, 0.25) is 0 Å². The molecule has 0 radical (unpaired) electrons. The summed E-state index contributed by atoms with van der Waals surface area (Å²) in [5.41, 5.74) is 28.8. The number of carboxylic acids is 1. The zero-order valence-corrected chi connectivity index (χ0v) is 29.7. The summed E-state index contributed by atoms with van der Waals surface area (Å²) in [5, 5.41) is 32.1. The van der Waals surface area contributed by atoms with Crippen LogP contribution >= 0.6 is 12.6 Å². The molecular weight excluding hydrogens is 684 g/mol. The van der Waals surface area contributed by atoms with E-state index in [9.17, 15) is 39.0 Å². The van der Waals surface area contributed by atoms with Gasteiger partial charge in [-0.05, 0) is 95.2 Å². The molecule has 17 N–H and O–H groups in total. The van der Waals surface area contributed by atoms with Crippen molar-refractivity contribution in [2.45, 2.75) is 94.0 Å². The van der Waals surface area contributed by atoms with Crippen molar-refractivity contribution in [2.24, 2.45) is 28.7 Å². The Kier molecular flexibility index (Phi) is 22.1. The molecule has 0 fully saturated rings. The molecule has 6 atom stereocenters. The van der Waals surface area contributed by atoms with Gasteiger partial charge in [0.1, 0.15) is 36.0 Å². The molecule has 51 heavy (non-hydrogen) atoms. The van der Waals surface area contributed by atoms with E-state index in [2.05, 4.69) is 39.2 Å². The van der Waals surface area contributed by atoms with Crippen LogP contribution in [-0.4, -0.2) is 114 Å². The number of nitrogens with one attached hydrogen (secondary N) is 5. The summed E-state index contributed by atoms with van der Waals surface area (Å²) in [6.07, 6.45) is 2.43. The fraction of sp³-hybridized carbons (Fsp3) is 0.625. The van der Waals surface area contributed by atoms with Gasteiger partial charge in [-0.15, -0.1) is 0 Å². The summed E-state index contributed by atoms with van der Waals surface area (Å²) in [7, 11) is 0. The molecule has 0 aliphatic heterocycles. The normalized spacial score (nSPS) is 14.5. The van der Waals surface area contributed by atoms with Gasteiger partial charge in [0.15, 0.2) is 0 Å². The lowest BCUT2D eigenvalue weighted by molar-refractivity contribution is -0.142. The predicted molar refractivity (Wildman–Crippen MR) is 194 cm³/mol. The van der Waals surface area contributed by atoms with E-state index in [0.717, 1.165) is 0 Å². The molecule has 0 aromatic heterocycles. The van der Waals surface area contributed by atoms with Gasteiger partial charge in [0.2, 0.25) is 29.5 Å². The van der Waals surface area contributed by atoms with Crippen molar-refractivity contribution in [3.05, 3.63) is 29.8 Å². The van der Waals surface area contributed by atoms with Gasteiger partial charge >= 0.3 is 5.97 Å². The number of amides is 5. The number of nitrogens with two attached hydrogens (primary N) is 5. The summed E-state index contributed by atoms with van der Waals surface area (Å²) in [4.78, 5) is 78.0. The zero-order valence-electron chi connectivity index (χ0n) is 28.9. The number of hydrogen-bond acceptors (Lipinski definition) is 13. The van der Waals surface area contributed by atoms with E-state index in [1.165, 1.54) is 24.3 Å². The quantitative estimate of drug-likeness (QED) is 0.0327. The number of unbranched alkanes of at least 4 members (excludes halogenated alkanes) is 2. The van der Waals surface area contributed by atoms with Gasteiger partial charge in [-0.25, -0.2) is 4.79 Å². The second-order valence-corrected chi connectivity index (χ2v) is 12.4. The van der Waals surface area contributed by atoms with Gasteiger partial charge in [0.25, 0.3) is 0 Å². The Morgan fingerprint density at radius 2 is 0.980 bits per heavy atom. The van der Waals surface area contributed by atoms with Gasteiger partial charge < -0.3 is 65.5 Å². The minimum Gasteiger partial charge on any atom is -0.508 e. The summed E-state index contributed by atoms with van der Waals surface area (Å²) in [5.74, 6) is -5.05. The van der Waals surface area contributed by atoms with E-state index >= 15 is 0 Å². The first kappa shape index (κ1) is 45.0. The van der Waals surface area contributed by atoms with Crippen molar-refractivity contribution < 1.29 is 39.0 Å². The molecule has 0 saturated carbocycles. The van der Waals surface area contributed by atoms with E-state index in [-0.39, 0.29) is 56.7 Å². The third-order valence-electron chi connectivity index (χ3n) is 7.87. The topological polar surface area (TPSA) is 333 Å². The number of rotatable bonds is 26. The van der Waals surface area contributed by atoms with Crippen molar-refractivity contribution in [1.82, 2.24) is 26.6 Å². The Bertz CT molecular complexity index is 1260. The van der Waals surface area contributed by atoms with Crippen LogP contribution in [0.15, 0.2) is 24.3 Å².